The van der Waals surface area contributed by atoms with E-state index in [0.717, 1.165) is 4.47 Å². The summed E-state index contributed by atoms with van der Waals surface area (Å²) in [6.07, 6.45) is 3.28. The van der Waals surface area contributed by atoms with Crippen LogP contribution in [0.3, 0.4) is 0 Å². The summed E-state index contributed by atoms with van der Waals surface area (Å²) < 4.78 is 2.34. The Labute approximate surface area is 99.9 Å². The third kappa shape index (κ3) is 2.27. The van der Waals surface area contributed by atoms with Gasteiger partial charge in [0.15, 0.2) is 0 Å². The second kappa shape index (κ2) is 4.44. The van der Waals surface area contributed by atoms with E-state index < -0.39 is 5.97 Å². The number of carboxylic acids is 1. The van der Waals surface area contributed by atoms with Crippen LogP contribution in [-0.4, -0.2) is 25.8 Å². The minimum atomic E-state index is -0.963. The van der Waals surface area contributed by atoms with Gasteiger partial charge < -0.3 is 9.67 Å². The maximum Gasteiger partial charge on any atom is 0.352 e. The summed E-state index contributed by atoms with van der Waals surface area (Å²) in [4.78, 5) is 10.9. The molecule has 0 spiro atoms. The molecule has 2 aromatic heterocycles. The molecular formula is C10H8BrN3O2. The quantitative estimate of drug-likeness (QED) is 0.931. The van der Waals surface area contributed by atoms with Gasteiger partial charge in [0.05, 0.1) is 12.2 Å². The van der Waals surface area contributed by atoms with Crippen molar-refractivity contribution < 1.29 is 9.90 Å². The van der Waals surface area contributed by atoms with Gasteiger partial charge >= 0.3 is 5.97 Å². The highest BCUT2D eigenvalue weighted by molar-refractivity contribution is 9.10. The van der Waals surface area contributed by atoms with Gasteiger partial charge in [-0.2, -0.15) is 10.2 Å². The number of carboxylic acid groups (broad SMARTS) is 1. The van der Waals surface area contributed by atoms with Crippen LogP contribution in [0.5, 0.6) is 0 Å². The number of halogens is 1. The Bertz CT molecular complexity index is 510. The van der Waals surface area contributed by atoms with Crippen molar-refractivity contribution in [1.29, 1.82) is 0 Å². The van der Waals surface area contributed by atoms with Crippen LogP contribution in [0.25, 0.3) is 0 Å². The van der Waals surface area contributed by atoms with Crippen molar-refractivity contribution in [2.45, 2.75) is 6.54 Å². The molecule has 0 aliphatic carbocycles. The Morgan fingerprint density at radius 3 is 3.00 bits per heavy atom. The number of nitrogens with zero attached hydrogens (tertiary/aromatic N) is 3. The summed E-state index contributed by atoms with van der Waals surface area (Å²) in [5.74, 6) is -0.963. The van der Waals surface area contributed by atoms with Gasteiger partial charge in [-0.05, 0) is 34.1 Å². The van der Waals surface area contributed by atoms with Gasteiger partial charge in [-0.15, -0.1) is 0 Å². The number of aromatic nitrogens is 3. The highest BCUT2D eigenvalue weighted by Gasteiger charge is 2.11. The molecule has 0 fully saturated rings. The summed E-state index contributed by atoms with van der Waals surface area (Å²) in [6, 6.07) is 5.12. The van der Waals surface area contributed by atoms with Crippen molar-refractivity contribution >= 4 is 21.9 Å². The van der Waals surface area contributed by atoms with Gasteiger partial charge in [-0.25, -0.2) is 4.79 Å². The summed E-state index contributed by atoms with van der Waals surface area (Å²) in [6.45, 7) is 0.390. The van der Waals surface area contributed by atoms with Crippen LogP contribution in [0.2, 0.25) is 0 Å². The topological polar surface area (TPSA) is 68.0 Å². The third-order valence-corrected chi connectivity index (χ3v) is 2.48. The predicted molar refractivity (Wildman–Crippen MR) is 60.2 cm³/mol. The second-order valence-electron chi connectivity index (χ2n) is 3.19. The van der Waals surface area contributed by atoms with Crippen LogP contribution < -0.4 is 0 Å². The van der Waals surface area contributed by atoms with E-state index in [9.17, 15) is 4.79 Å². The molecule has 0 atom stereocenters. The first-order chi connectivity index (χ1) is 7.66. The van der Waals surface area contributed by atoms with Crippen LogP contribution in [0.1, 0.15) is 16.2 Å². The normalized spacial score (nSPS) is 10.3. The van der Waals surface area contributed by atoms with E-state index in [0.29, 0.717) is 12.2 Å². The first-order valence-electron chi connectivity index (χ1n) is 4.52. The standard InChI is InChI=1S/C10H8BrN3O2/c11-7-4-9(10(15)16)14(5-7)6-8-2-1-3-12-13-8/h1-5H,6H2,(H,15,16). The zero-order valence-corrected chi connectivity index (χ0v) is 9.75. The maximum atomic E-state index is 10.9. The molecule has 16 heavy (non-hydrogen) atoms. The van der Waals surface area contributed by atoms with Crippen molar-refractivity contribution in [1.82, 2.24) is 14.8 Å². The van der Waals surface area contributed by atoms with Gasteiger partial charge in [0.25, 0.3) is 0 Å². The molecule has 2 aromatic rings. The Kier molecular flexibility index (Phi) is 3.00. The number of aromatic carboxylic acids is 1. The molecule has 0 bridgehead atoms. The molecule has 0 aliphatic rings. The van der Waals surface area contributed by atoms with E-state index in [2.05, 4.69) is 26.1 Å². The zero-order valence-electron chi connectivity index (χ0n) is 8.17. The molecule has 0 aromatic carbocycles. The molecule has 0 amide bonds. The predicted octanol–water partition coefficient (Wildman–Crippen LogP) is 1.79. The molecule has 0 saturated carbocycles. The van der Waals surface area contributed by atoms with Crippen molar-refractivity contribution in [3.8, 4) is 0 Å². The smallest absolute Gasteiger partial charge is 0.352 e. The van der Waals surface area contributed by atoms with E-state index in [1.165, 1.54) is 0 Å². The minimum Gasteiger partial charge on any atom is -0.477 e. The Morgan fingerprint density at radius 2 is 2.38 bits per heavy atom. The lowest BCUT2D eigenvalue weighted by molar-refractivity contribution is 0.0685. The molecule has 5 nitrogen and oxygen atoms in total. The lowest BCUT2D eigenvalue weighted by Gasteiger charge is -2.04. The fourth-order valence-corrected chi connectivity index (χ4v) is 1.84. The SMILES string of the molecule is O=C(O)c1cc(Br)cn1Cc1cccnn1. The fourth-order valence-electron chi connectivity index (χ4n) is 1.38. The van der Waals surface area contributed by atoms with E-state index >= 15 is 0 Å². The van der Waals surface area contributed by atoms with Gasteiger partial charge in [0, 0.05) is 16.9 Å². The second-order valence-corrected chi connectivity index (χ2v) is 4.11. The van der Waals surface area contributed by atoms with Gasteiger partial charge in [0.1, 0.15) is 5.69 Å². The highest BCUT2D eigenvalue weighted by Crippen LogP contribution is 2.16. The molecule has 2 rings (SSSR count). The van der Waals surface area contributed by atoms with E-state index in [1.54, 1.807) is 35.2 Å². The zero-order chi connectivity index (χ0) is 11.5. The summed E-state index contributed by atoms with van der Waals surface area (Å²) in [5.41, 5.74) is 0.936. The van der Waals surface area contributed by atoms with Crippen LogP contribution in [0.15, 0.2) is 35.1 Å². The molecule has 6 heteroatoms. The molecule has 1 N–H and O–H groups in total. The Morgan fingerprint density at radius 1 is 1.56 bits per heavy atom. The average Bonchev–Trinajstić information content (AvgIpc) is 2.61. The third-order valence-electron chi connectivity index (χ3n) is 2.04. The summed E-state index contributed by atoms with van der Waals surface area (Å²) >= 11 is 3.24. The lowest BCUT2D eigenvalue weighted by atomic mass is 10.3. The van der Waals surface area contributed by atoms with Crippen molar-refractivity contribution in [2.75, 3.05) is 0 Å². The summed E-state index contributed by atoms with van der Waals surface area (Å²) in [5, 5.41) is 16.6. The van der Waals surface area contributed by atoms with Crippen LogP contribution >= 0.6 is 15.9 Å². The number of hydrogen-bond acceptors (Lipinski definition) is 3. The van der Waals surface area contributed by atoms with Gasteiger partial charge in [0.2, 0.25) is 0 Å². The van der Waals surface area contributed by atoms with Crippen molar-refractivity contribution in [2.24, 2.45) is 0 Å². The molecular weight excluding hydrogens is 274 g/mol. The monoisotopic (exact) mass is 281 g/mol. The van der Waals surface area contributed by atoms with Crippen LogP contribution in [-0.2, 0) is 6.54 Å². The van der Waals surface area contributed by atoms with Crippen LogP contribution in [0.4, 0.5) is 0 Å². The van der Waals surface area contributed by atoms with E-state index in [1.807, 2.05) is 0 Å². The Hall–Kier alpha value is -1.69. The van der Waals surface area contributed by atoms with Crippen molar-refractivity contribution in [3.63, 3.8) is 0 Å². The van der Waals surface area contributed by atoms with E-state index in [4.69, 9.17) is 5.11 Å². The minimum absolute atomic E-state index is 0.220. The summed E-state index contributed by atoms with van der Waals surface area (Å²) in [7, 11) is 0. The highest BCUT2D eigenvalue weighted by atomic mass is 79.9. The van der Waals surface area contributed by atoms with Gasteiger partial charge in [-0.3, -0.25) is 0 Å². The molecule has 2 heterocycles. The molecule has 0 radical (unpaired) electrons. The van der Waals surface area contributed by atoms with E-state index in [-0.39, 0.29) is 5.69 Å². The van der Waals surface area contributed by atoms with Crippen LogP contribution in [0, 0.1) is 0 Å². The van der Waals surface area contributed by atoms with Gasteiger partial charge in [-0.1, -0.05) is 0 Å². The van der Waals surface area contributed by atoms with Crippen molar-refractivity contribution in [3.05, 3.63) is 46.5 Å². The number of carbonyl (C=O) groups is 1. The maximum absolute atomic E-state index is 10.9. The largest absolute Gasteiger partial charge is 0.477 e. The first-order valence-corrected chi connectivity index (χ1v) is 5.31. The first kappa shape index (κ1) is 10.8. The molecule has 0 aliphatic heterocycles. The number of hydrogen-bond donors (Lipinski definition) is 1. The Balaban J connectivity index is 2.31. The average molecular weight is 282 g/mol. The molecule has 0 saturated heterocycles. The molecule has 0 unspecified atom stereocenters. The number of rotatable bonds is 3. The lowest BCUT2D eigenvalue weighted by Crippen LogP contribution is -2.09. The fraction of sp³-hybridized carbons (Fsp3) is 0.100. The molecule has 82 valence electrons.